The predicted molar refractivity (Wildman–Crippen MR) is 103 cm³/mol. The van der Waals surface area contributed by atoms with Crippen LogP contribution in [0.15, 0.2) is 47.8 Å². The fourth-order valence-electron chi connectivity index (χ4n) is 3.13. The number of halogens is 4. The Labute approximate surface area is 171 Å². The van der Waals surface area contributed by atoms with Crippen molar-refractivity contribution >= 4 is 39.9 Å². The molecule has 0 aliphatic carbocycles. The Balaban J connectivity index is 1.51. The second kappa shape index (κ2) is 6.70. The first kappa shape index (κ1) is 18.4. The van der Waals surface area contributed by atoms with E-state index in [0.717, 1.165) is 6.07 Å². The van der Waals surface area contributed by atoms with Crippen molar-refractivity contribution in [3.8, 4) is 11.5 Å². The van der Waals surface area contributed by atoms with Gasteiger partial charge in [0.15, 0.2) is 11.5 Å². The lowest BCUT2D eigenvalue weighted by molar-refractivity contribution is -0.136. The van der Waals surface area contributed by atoms with Gasteiger partial charge in [0.1, 0.15) is 5.65 Å². The summed E-state index contributed by atoms with van der Waals surface area (Å²) in [6.07, 6.45) is -1.02. The van der Waals surface area contributed by atoms with Crippen molar-refractivity contribution in [3.63, 3.8) is 0 Å². The number of thioether (sulfide) groups is 1. The quantitative estimate of drug-likeness (QED) is 0.392. The molecule has 5 rings (SSSR count). The molecule has 1 aromatic carbocycles. The molecule has 29 heavy (non-hydrogen) atoms. The number of imidazole rings is 1. The molecule has 0 fully saturated rings. The van der Waals surface area contributed by atoms with Crippen LogP contribution in [0.4, 0.5) is 13.2 Å². The number of nitrogens with zero attached hydrogens (tertiary/aromatic N) is 3. The molecular formula is C19H11ClF3N3O2S. The third-order valence-electron chi connectivity index (χ3n) is 4.42. The van der Waals surface area contributed by atoms with Gasteiger partial charge in [0.2, 0.25) is 6.79 Å². The van der Waals surface area contributed by atoms with Crippen molar-refractivity contribution in [1.82, 2.24) is 14.4 Å². The number of hydrogen-bond donors (Lipinski definition) is 0. The zero-order valence-corrected chi connectivity index (χ0v) is 16.1. The highest BCUT2D eigenvalue weighted by molar-refractivity contribution is 7.98. The van der Waals surface area contributed by atoms with Gasteiger partial charge >= 0.3 is 6.18 Å². The summed E-state index contributed by atoms with van der Waals surface area (Å²) in [4.78, 5) is 8.83. The largest absolute Gasteiger partial charge is 0.454 e. The topological polar surface area (TPSA) is 48.7 Å². The summed E-state index contributed by atoms with van der Waals surface area (Å²) in [5, 5.41) is 0.797. The summed E-state index contributed by atoms with van der Waals surface area (Å²) in [6.45, 7) is -0.0213. The minimum atomic E-state index is -4.52. The molecule has 0 radical (unpaired) electrons. The summed E-state index contributed by atoms with van der Waals surface area (Å²) in [5.74, 6) is 1.03. The fourth-order valence-corrected chi connectivity index (χ4v) is 4.10. The van der Waals surface area contributed by atoms with Crippen molar-refractivity contribution in [2.45, 2.75) is 17.0 Å². The summed E-state index contributed by atoms with van der Waals surface area (Å²) >= 11 is 7.15. The molecule has 0 atom stereocenters. The van der Waals surface area contributed by atoms with Crippen molar-refractivity contribution in [3.05, 3.63) is 59.0 Å². The van der Waals surface area contributed by atoms with Crippen LogP contribution in [0.25, 0.3) is 16.6 Å². The molecule has 4 heterocycles. The number of benzene rings is 1. The Morgan fingerprint density at radius 1 is 1.07 bits per heavy atom. The van der Waals surface area contributed by atoms with E-state index in [0.29, 0.717) is 27.9 Å². The first-order valence-corrected chi connectivity index (χ1v) is 9.81. The molecule has 148 valence electrons. The molecule has 0 bridgehead atoms. The summed E-state index contributed by atoms with van der Waals surface area (Å²) in [7, 11) is 0. The van der Waals surface area contributed by atoms with E-state index < -0.39 is 11.7 Å². The van der Waals surface area contributed by atoms with Gasteiger partial charge in [-0.2, -0.15) is 13.2 Å². The Hall–Kier alpha value is -2.65. The molecule has 5 nitrogen and oxygen atoms in total. The maximum Gasteiger partial charge on any atom is 0.417 e. The third-order valence-corrected chi connectivity index (χ3v) is 5.59. The highest BCUT2D eigenvalue weighted by atomic mass is 35.5. The second-order valence-electron chi connectivity index (χ2n) is 6.36. The van der Waals surface area contributed by atoms with E-state index in [1.807, 2.05) is 0 Å². The number of hydrogen-bond acceptors (Lipinski definition) is 5. The average Bonchev–Trinajstić information content (AvgIpc) is 3.28. The molecule has 0 amide bonds. The lowest BCUT2D eigenvalue weighted by Gasteiger charge is -2.12. The van der Waals surface area contributed by atoms with Gasteiger partial charge in [0.05, 0.1) is 26.8 Å². The molecule has 4 aromatic rings. The van der Waals surface area contributed by atoms with Crippen LogP contribution in [0.3, 0.4) is 0 Å². The van der Waals surface area contributed by atoms with Crippen LogP contribution >= 0.6 is 23.4 Å². The molecule has 3 aromatic heterocycles. The zero-order chi connectivity index (χ0) is 20.2. The van der Waals surface area contributed by atoms with Crippen molar-refractivity contribution < 1.29 is 22.6 Å². The van der Waals surface area contributed by atoms with Gasteiger partial charge in [0, 0.05) is 29.6 Å². The molecule has 0 saturated heterocycles. The predicted octanol–water partition coefficient (Wildman–Crippen LogP) is 5.58. The van der Waals surface area contributed by atoms with Crippen molar-refractivity contribution in [2.75, 3.05) is 6.79 Å². The SMILES string of the molecule is FC(F)(F)c1cc(SCc2cn3cc(Cl)ccc3n2)nc2cc3c(cc12)OCO3. The van der Waals surface area contributed by atoms with Gasteiger partial charge in [-0.25, -0.2) is 9.97 Å². The van der Waals surface area contributed by atoms with Crippen LogP contribution in [0.5, 0.6) is 11.5 Å². The maximum atomic E-state index is 13.7. The Morgan fingerprint density at radius 3 is 2.66 bits per heavy atom. The normalized spacial score (nSPS) is 13.5. The average molecular weight is 438 g/mol. The molecule has 0 N–H and O–H groups in total. The first-order chi connectivity index (χ1) is 13.9. The van der Waals surface area contributed by atoms with Crippen LogP contribution < -0.4 is 9.47 Å². The van der Waals surface area contributed by atoms with E-state index in [4.69, 9.17) is 21.1 Å². The number of ether oxygens (including phenoxy) is 2. The highest BCUT2D eigenvalue weighted by Crippen LogP contribution is 2.42. The summed E-state index contributed by atoms with van der Waals surface area (Å²) in [5.41, 5.74) is 0.858. The second-order valence-corrected chi connectivity index (χ2v) is 7.79. The Bertz CT molecular complexity index is 1260. The molecule has 0 unspecified atom stereocenters. The lowest BCUT2D eigenvalue weighted by Crippen LogP contribution is -2.07. The number of aromatic nitrogens is 3. The van der Waals surface area contributed by atoms with Crippen LogP contribution in [0, 0.1) is 0 Å². The molecular weight excluding hydrogens is 427 g/mol. The van der Waals surface area contributed by atoms with E-state index in [2.05, 4.69) is 9.97 Å². The minimum absolute atomic E-state index is 0.0199. The Kier molecular flexibility index (Phi) is 4.25. The Morgan fingerprint density at radius 2 is 1.86 bits per heavy atom. The van der Waals surface area contributed by atoms with Crippen molar-refractivity contribution in [1.29, 1.82) is 0 Å². The summed E-state index contributed by atoms with van der Waals surface area (Å²) < 4.78 is 53.2. The number of alkyl halides is 3. The zero-order valence-electron chi connectivity index (χ0n) is 14.5. The van der Waals surface area contributed by atoms with Crippen LogP contribution in [-0.4, -0.2) is 21.2 Å². The van der Waals surface area contributed by atoms with E-state index >= 15 is 0 Å². The van der Waals surface area contributed by atoms with Crippen LogP contribution in [-0.2, 0) is 11.9 Å². The summed E-state index contributed by atoms with van der Waals surface area (Å²) in [6, 6.07) is 7.36. The van der Waals surface area contributed by atoms with Gasteiger partial charge in [0.25, 0.3) is 0 Å². The van der Waals surface area contributed by atoms with Crippen LogP contribution in [0.1, 0.15) is 11.3 Å². The molecule has 1 aliphatic rings. The number of rotatable bonds is 3. The third kappa shape index (κ3) is 3.44. The molecule has 10 heteroatoms. The van der Waals surface area contributed by atoms with E-state index in [9.17, 15) is 13.2 Å². The monoisotopic (exact) mass is 437 g/mol. The van der Waals surface area contributed by atoms with Gasteiger partial charge < -0.3 is 13.9 Å². The first-order valence-electron chi connectivity index (χ1n) is 8.44. The van der Waals surface area contributed by atoms with Gasteiger partial charge in [-0.05, 0) is 24.3 Å². The molecule has 0 spiro atoms. The number of pyridine rings is 2. The van der Waals surface area contributed by atoms with E-state index in [1.54, 1.807) is 28.9 Å². The molecule has 1 aliphatic heterocycles. The number of fused-ring (bicyclic) bond motifs is 3. The highest BCUT2D eigenvalue weighted by Gasteiger charge is 2.34. The lowest BCUT2D eigenvalue weighted by atomic mass is 10.1. The smallest absolute Gasteiger partial charge is 0.417 e. The standard InChI is InChI=1S/C19H11ClF3N3O2S/c20-10-1-2-17-24-11(7-26(17)6-10)8-29-18-4-13(19(21,22)23)12-3-15-16(28-9-27-15)5-14(12)25-18/h1-7H,8-9H2. The van der Waals surface area contributed by atoms with E-state index in [1.165, 1.54) is 23.9 Å². The van der Waals surface area contributed by atoms with Gasteiger partial charge in [-0.15, -0.1) is 0 Å². The van der Waals surface area contributed by atoms with E-state index in [-0.39, 0.29) is 28.5 Å². The van der Waals surface area contributed by atoms with Crippen LogP contribution in [0.2, 0.25) is 5.02 Å². The van der Waals surface area contributed by atoms with Crippen molar-refractivity contribution in [2.24, 2.45) is 0 Å². The molecule has 0 saturated carbocycles. The minimum Gasteiger partial charge on any atom is -0.454 e. The van der Waals surface area contributed by atoms with Gasteiger partial charge in [-0.1, -0.05) is 23.4 Å². The maximum absolute atomic E-state index is 13.7. The van der Waals surface area contributed by atoms with Gasteiger partial charge in [-0.3, -0.25) is 0 Å². The fraction of sp³-hybridized carbons (Fsp3) is 0.158.